The minimum absolute atomic E-state index is 0.0997. The number of aromatic nitrogens is 4. The third-order valence-corrected chi connectivity index (χ3v) is 4.96. The summed E-state index contributed by atoms with van der Waals surface area (Å²) >= 11 is 0. The predicted octanol–water partition coefficient (Wildman–Crippen LogP) is 0.0951. The number of anilines is 1. The Morgan fingerprint density at radius 1 is 1.29 bits per heavy atom. The van der Waals surface area contributed by atoms with E-state index in [-0.39, 0.29) is 30.7 Å². The van der Waals surface area contributed by atoms with Gasteiger partial charge in [0.15, 0.2) is 5.82 Å². The largest absolute Gasteiger partial charge is 0.379 e. The summed E-state index contributed by atoms with van der Waals surface area (Å²) < 4.78 is 7.01. The van der Waals surface area contributed by atoms with Gasteiger partial charge in [0.1, 0.15) is 0 Å². The number of ether oxygens (including phenoxy) is 1. The Morgan fingerprint density at radius 2 is 2.11 bits per heavy atom. The number of fused-ring (bicyclic) bond motifs is 1. The van der Waals surface area contributed by atoms with E-state index in [1.54, 1.807) is 4.68 Å². The van der Waals surface area contributed by atoms with E-state index in [4.69, 9.17) is 4.74 Å². The van der Waals surface area contributed by atoms with Crippen molar-refractivity contribution in [3.63, 3.8) is 0 Å². The van der Waals surface area contributed by atoms with Crippen molar-refractivity contribution in [1.82, 2.24) is 30.4 Å². The van der Waals surface area contributed by atoms with Crippen molar-refractivity contribution in [2.45, 2.75) is 32.0 Å². The lowest BCUT2D eigenvalue weighted by atomic mass is 9.97. The Hall–Kier alpha value is -2.85. The molecule has 1 fully saturated rings. The summed E-state index contributed by atoms with van der Waals surface area (Å²) in [4.78, 5) is 26.6. The van der Waals surface area contributed by atoms with Crippen molar-refractivity contribution >= 4 is 17.5 Å². The first-order valence-corrected chi connectivity index (χ1v) is 9.42. The maximum atomic E-state index is 12.5. The molecule has 1 atom stereocenters. The Morgan fingerprint density at radius 3 is 2.96 bits per heavy atom. The highest BCUT2D eigenvalue weighted by molar-refractivity contribution is 5.95. The Kier molecular flexibility index (Phi) is 5.58. The number of hydrogen-bond donors (Lipinski definition) is 2. The quantitative estimate of drug-likeness (QED) is 0.724. The standard InChI is InChI=1S/C18H23N7O3/c26-17(20-15-11-18(27)19-14-4-2-1-3-13(14)15)5-6-25-16(21-22-23-25)12-24-7-9-28-10-8-24/h1-4,15H,5-12H2,(H,19,27)(H,20,26). The molecule has 1 aromatic heterocycles. The van der Waals surface area contributed by atoms with Crippen LogP contribution >= 0.6 is 0 Å². The lowest BCUT2D eigenvalue weighted by Gasteiger charge is -2.26. The van der Waals surface area contributed by atoms with Gasteiger partial charge in [-0.15, -0.1) is 5.10 Å². The first-order valence-electron chi connectivity index (χ1n) is 9.42. The van der Waals surface area contributed by atoms with Gasteiger partial charge in [0, 0.05) is 25.2 Å². The summed E-state index contributed by atoms with van der Waals surface area (Å²) in [6, 6.07) is 7.19. The lowest BCUT2D eigenvalue weighted by Crippen LogP contribution is -2.37. The number of nitrogens with one attached hydrogen (secondary N) is 2. The molecule has 0 saturated carbocycles. The summed E-state index contributed by atoms with van der Waals surface area (Å²) in [5.41, 5.74) is 1.67. The van der Waals surface area contributed by atoms with Crippen molar-refractivity contribution in [2.24, 2.45) is 0 Å². The van der Waals surface area contributed by atoms with E-state index in [1.165, 1.54) is 0 Å². The second-order valence-electron chi connectivity index (χ2n) is 6.92. The molecule has 0 spiro atoms. The van der Waals surface area contributed by atoms with E-state index in [1.807, 2.05) is 24.3 Å². The van der Waals surface area contributed by atoms with Gasteiger partial charge >= 0.3 is 0 Å². The molecular formula is C18H23N7O3. The molecule has 2 N–H and O–H groups in total. The summed E-state index contributed by atoms with van der Waals surface area (Å²) in [7, 11) is 0. The van der Waals surface area contributed by atoms with Gasteiger partial charge in [-0.05, 0) is 22.1 Å². The number of tetrazole rings is 1. The van der Waals surface area contributed by atoms with Crippen LogP contribution in [0.1, 0.15) is 30.3 Å². The maximum absolute atomic E-state index is 12.5. The zero-order valence-electron chi connectivity index (χ0n) is 15.5. The van der Waals surface area contributed by atoms with E-state index >= 15 is 0 Å². The molecule has 3 heterocycles. The van der Waals surface area contributed by atoms with Gasteiger partial charge in [0.25, 0.3) is 0 Å². The second-order valence-corrected chi connectivity index (χ2v) is 6.92. The number of carbonyl (C=O) groups excluding carboxylic acids is 2. The van der Waals surface area contributed by atoms with Crippen molar-refractivity contribution in [2.75, 3.05) is 31.6 Å². The summed E-state index contributed by atoms with van der Waals surface area (Å²) in [6.07, 6.45) is 0.470. The van der Waals surface area contributed by atoms with Crippen molar-refractivity contribution < 1.29 is 14.3 Å². The fraction of sp³-hybridized carbons (Fsp3) is 0.500. The van der Waals surface area contributed by atoms with Crippen LogP contribution in [0.4, 0.5) is 5.69 Å². The van der Waals surface area contributed by atoms with Gasteiger partial charge in [-0.2, -0.15) is 0 Å². The van der Waals surface area contributed by atoms with Crippen molar-refractivity contribution in [1.29, 1.82) is 0 Å². The number of aryl methyl sites for hydroxylation is 1. The van der Waals surface area contributed by atoms with Gasteiger partial charge < -0.3 is 15.4 Å². The fourth-order valence-corrected chi connectivity index (χ4v) is 3.48. The molecule has 0 aliphatic carbocycles. The lowest BCUT2D eigenvalue weighted by molar-refractivity contribution is -0.122. The molecular weight excluding hydrogens is 362 g/mol. The molecule has 28 heavy (non-hydrogen) atoms. The molecule has 1 aromatic carbocycles. The number of rotatable bonds is 6. The van der Waals surface area contributed by atoms with Crippen LogP contribution in [-0.2, 0) is 27.4 Å². The van der Waals surface area contributed by atoms with Crippen LogP contribution in [0.3, 0.4) is 0 Å². The highest BCUT2D eigenvalue weighted by atomic mass is 16.5. The third-order valence-electron chi connectivity index (χ3n) is 4.96. The smallest absolute Gasteiger partial charge is 0.226 e. The Bertz CT molecular complexity index is 847. The molecule has 2 aliphatic rings. The second kappa shape index (κ2) is 8.44. The van der Waals surface area contributed by atoms with Crippen LogP contribution in [0.25, 0.3) is 0 Å². The number of para-hydroxylation sites is 1. The van der Waals surface area contributed by atoms with Crippen LogP contribution in [-0.4, -0.2) is 63.2 Å². The monoisotopic (exact) mass is 385 g/mol. The van der Waals surface area contributed by atoms with Gasteiger partial charge in [-0.3, -0.25) is 14.5 Å². The molecule has 0 bridgehead atoms. The highest BCUT2D eigenvalue weighted by Crippen LogP contribution is 2.29. The molecule has 10 nitrogen and oxygen atoms in total. The molecule has 1 unspecified atom stereocenters. The van der Waals surface area contributed by atoms with E-state index < -0.39 is 0 Å². The average molecular weight is 385 g/mol. The highest BCUT2D eigenvalue weighted by Gasteiger charge is 2.26. The molecule has 10 heteroatoms. The topological polar surface area (TPSA) is 114 Å². The first kappa shape index (κ1) is 18.5. The summed E-state index contributed by atoms with van der Waals surface area (Å²) in [5, 5.41) is 17.6. The summed E-state index contributed by atoms with van der Waals surface area (Å²) in [5.74, 6) is 0.497. The number of morpholine rings is 1. The van der Waals surface area contributed by atoms with Crippen LogP contribution in [0, 0.1) is 0 Å². The van der Waals surface area contributed by atoms with Crippen molar-refractivity contribution in [3.8, 4) is 0 Å². The zero-order valence-corrected chi connectivity index (χ0v) is 15.5. The number of hydrogen-bond acceptors (Lipinski definition) is 7. The molecule has 4 rings (SSSR count). The van der Waals surface area contributed by atoms with Gasteiger partial charge in [0.05, 0.1) is 38.8 Å². The normalized spacial score (nSPS) is 19.7. The van der Waals surface area contributed by atoms with E-state index in [0.717, 1.165) is 30.2 Å². The van der Waals surface area contributed by atoms with E-state index in [2.05, 4.69) is 31.1 Å². The first-order chi connectivity index (χ1) is 13.7. The van der Waals surface area contributed by atoms with E-state index in [9.17, 15) is 9.59 Å². The van der Waals surface area contributed by atoms with Gasteiger partial charge in [-0.1, -0.05) is 18.2 Å². The molecule has 1 saturated heterocycles. The van der Waals surface area contributed by atoms with Gasteiger partial charge in [0.2, 0.25) is 11.8 Å². The minimum Gasteiger partial charge on any atom is -0.379 e. The number of nitrogens with zero attached hydrogens (tertiary/aromatic N) is 5. The van der Waals surface area contributed by atoms with Crippen LogP contribution in [0.2, 0.25) is 0 Å². The van der Waals surface area contributed by atoms with Gasteiger partial charge in [-0.25, -0.2) is 4.68 Å². The SMILES string of the molecule is O=C1CC(NC(=O)CCn2nnnc2CN2CCOCC2)c2ccccc2N1. The van der Waals surface area contributed by atoms with Crippen molar-refractivity contribution in [3.05, 3.63) is 35.7 Å². The van der Waals surface area contributed by atoms with Crippen LogP contribution in [0.5, 0.6) is 0 Å². The maximum Gasteiger partial charge on any atom is 0.226 e. The number of amides is 2. The van der Waals surface area contributed by atoms with Crippen LogP contribution < -0.4 is 10.6 Å². The third kappa shape index (κ3) is 4.34. The Labute approximate surface area is 162 Å². The number of benzene rings is 1. The molecule has 148 valence electrons. The predicted molar refractivity (Wildman–Crippen MR) is 99.1 cm³/mol. The Balaban J connectivity index is 1.33. The average Bonchev–Trinajstić information content (AvgIpc) is 3.14. The molecule has 2 aliphatic heterocycles. The zero-order chi connectivity index (χ0) is 19.3. The molecule has 2 amide bonds. The fourth-order valence-electron chi connectivity index (χ4n) is 3.48. The number of carbonyl (C=O) groups is 2. The van der Waals surface area contributed by atoms with Crippen LogP contribution in [0.15, 0.2) is 24.3 Å². The molecule has 0 radical (unpaired) electrons. The minimum atomic E-state index is -0.320. The molecule has 2 aromatic rings. The van der Waals surface area contributed by atoms with E-state index in [0.29, 0.717) is 26.3 Å². The summed E-state index contributed by atoms with van der Waals surface area (Å²) in [6.45, 7) is 4.13.